The van der Waals surface area contributed by atoms with Gasteiger partial charge in [0.25, 0.3) is 0 Å². The molecule has 17 heavy (non-hydrogen) atoms. The number of hydrogen-bond acceptors (Lipinski definition) is 5. The van der Waals surface area contributed by atoms with Gasteiger partial charge in [0.05, 0.1) is 4.92 Å². The van der Waals surface area contributed by atoms with Crippen molar-refractivity contribution < 1.29 is 9.72 Å². The lowest BCUT2D eigenvalue weighted by molar-refractivity contribution is -0.384. The number of aromatic nitrogens is 1. The van der Waals surface area contributed by atoms with Crippen molar-refractivity contribution in [1.82, 2.24) is 4.98 Å². The van der Waals surface area contributed by atoms with E-state index in [1.807, 2.05) is 0 Å². The summed E-state index contributed by atoms with van der Waals surface area (Å²) in [5.74, 6) is -0.0530. The maximum atomic E-state index is 11.7. The predicted molar refractivity (Wildman–Crippen MR) is 65.4 cm³/mol. The maximum absolute atomic E-state index is 11.7. The molecule has 1 aromatic heterocycles. The van der Waals surface area contributed by atoms with Crippen molar-refractivity contribution in [2.24, 2.45) is 0 Å². The Morgan fingerprint density at radius 2 is 2.35 bits per heavy atom. The van der Waals surface area contributed by atoms with E-state index in [-0.39, 0.29) is 29.1 Å². The van der Waals surface area contributed by atoms with Crippen LogP contribution in [0, 0.1) is 17.0 Å². The minimum atomic E-state index is -0.503. The highest BCUT2D eigenvalue weighted by Gasteiger charge is 2.34. The molecule has 1 aliphatic rings. The summed E-state index contributed by atoms with van der Waals surface area (Å²) < 4.78 is 0. The number of amides is 1. The number of anilines is 1. The van der Waals surface area contributed by atoms with E-state index in [1.54, 1.807) is 13.0 Å². The largest absolute Gasteiger partial charge is 0.314 e. The molecular formula is C10H11N3O3S. The molecule has 2 heterocycles. The summed E-state index contributed by atoms with van der Waals surface area (Å²) in [6, 6.07) is 1.56. The molecule has 1 aliphatic heterocycles. The van der Waals surface area contributed by atoms with E-state index < -0.39 is 4.92 Å². The lowest BCUT2D eigenvalue weighted by Gasteiger charge is -2.15. The molecule has 1 atom stereocenters. The zero-order chi connectivity index (χ0) is 12.6. The summed E-state index contributed by atoms with van der Waals surface area (Å²) in [6.45, 7) is 1.99. The summed E-state index contributed by atoms with van der Waals surface area (Å²) in [6.07, 6.45) is 1.76. The summed E-state index contributed by atoms with van der Waals surface area (Å²) >= 11 is 4.21. The first-order valence-corrected chi connectivity index (χ1v) is 5.60. The van der Waals surface area contributed by atoms with Gasteiger partial charge in [0, 0.05) is 30.0 Å². The molecule has 1 amide bonds. The van der Waals surface area contributed by atoms with Crippen LogP contribution in [0.1, 0.15) is 12.0 Å². The van der Waals surface area contributed by atoms with Crippen LogP contribution in [0.3, 0.4) is 0 Å². The van der Waals surface area contributed by atoms with Crippen LogP contribution in [0.2, 0.25) is 0 Å². The van der Waals surface area contributed by atoms with Crippen molar-refractivity contribution in [2.75, 3.05) is 11.4 Å². The van der Waals surface area contributed by atoms with Crippen molar-refractivity contribution in [3.05, 3.63) is 27.9 Å². The van der Waals surface area contributed by atoms with E-state index in [1.165, 1.54) is 11.1 Å². The molecule has 0 bridgehead atoms. The molecule has 2 rings (SSSR count). The Balaban J connectivity index is 2.49. The van der Waals surface area contributed by atoms with E-state index in [4.69, 9.17) is 0 Å². The maximum Gasteiger partial charge on any atom is 0.314 e. The molecule has 0 spiro atoms. The average molecular weight is 253 g/mol. The number of hydrogen-bond donors (Lipinski definition) is 1. The Kier molecular flexibility index (Phi) is 3.01. The van der Waals surface area contributed by atoms with Crippen LogP contribution in [0.25, 0.3) is 0 Å². The third kappa shape index (κ3) is 2.10. The van der Waals surface area contributed by atoms with Gasteiger partial charge in [-0.1, -0.05) is 0 Å². The summed E-state index contributed by atoms with van der Waals surface area (Å²) in [4.78, 5) is 27.5. The SMILES string of the molecule is Cc1ccnc(N2CC(S)CC2=O)c1[N+](=O)[O-]. The highest BCUT2D eigenvalue weighted by atomic mass is 32.1. The Bertz CT molecular complexity index is 492. The lowest BCUT2D eigenvalue weighted by atomic mass is 10.2. The quantitative estimate of drug-likeness (QED) is 0.490. The molecular weight excluding hydrogens is 242 g/mol. The molecule has 0 saturated carbocycles. The second-order valence-electron chi connectivity index (χ2n) is 3.92. The second kappa shape index (κ2) is 4.33. The van der Waals surface area contributed by atoms with Gasteiger partial charge >= 0.3 is 5.69 Å². The van der Waals surface area contributed by atoms with Crippen molar-refractivity contribution in [1.29, 1.82) is 0 Å². The number of carbonyl (C=O) groups excluding carboxylic acids is 1. The van der Waals surface area contributed by atoms with Gasteiger partial charge in [0.1, 0.15) is 0 Å². The minimum absolute atomic E-state index is 0.0931. The standard InChI is InChI=1S/C10H11N3O3S/c1-6-2-3-11-10(9(6)13(15)16)12-5-7(17)4-8(12)14/h2-3,7,17H,4-5H2,1H3. The van der Waals surface area contributed by atoms with Crippen LogP contribution in [0.15, 0.2) is 12.3 Å². The Labute approximate surface area is 103 Å². The first-order chi connectivity index (χ1) is 8.00. The number of nitrogens with zero attached hydrogens (tertiary/aromatic N) is 3. The fourth-order valence-electron chi connectivity index (χ4n) is 1.85. The van der Waals surface area contributed by atoms with E-state index in [9.17, 15) is 14.9 Å². The number of rotatable bonds is 2. The van der Waals surface area contributed by atoms with E-state index in [2.05, 4.69) is 17.6 Å². The van der Waals surface area contributed by atoms with Gasteiger partial charge in [-0.25, -0.2) is 4.98 Å². The topological polar surface area (TPSA) is 76.3 Å². The van der Waals surface area contributed by atoms with E-state index in [0.29, 0.717) is 12.1 Å². The monoisotopic (exact) mass is 253 g/mol. The zero-order valence-corrected chi connectivity index (χ0v) is 10.1. The van der Waals surface area contributed by atoms with Gasteiger partial charge in [0.2, 0.25) is 11.7 Å². The molecule has 1 aromatic rings. The van der Waals surface area contributed by atoms with Gasteiger partial charge in [-0.05, 0) is 13.0 Å². The molecule has 0 N–H and O–H groups in total. The molecule has 1 unspecified atom stereocenters. The summed E-state index contributed by atoms with van der Waals surface area (Å²) in [5, 5.41) is 10.9. The first-order valence-electron chi connectivity index (χ1n) is 5.09. The molecule has 1 fully saturated rings. The Morgan fingerprint density at radius 3 is 2.88 bits per heavy atom. The number of carbonyl (C=O) groups is 1. The molecule has 7 heteroatoms. The third-order valence-corrected chi connectivity index (χ3v) is 3.00. The van der Waals surface area contributed by atoms with Crippen molar-refractivity contribution >= 4 is 30.0 Å². The van der Waals surface area contributed by atoms with Gasteiger partial charge in [-0.2, -0.15) is 12.6 Å². The first kappa shape index (κ1) is 11.8. The summed E-state index contributed by atoms with van der Waals surface area (Å²) in [7, 11) is 0. The third-order valence-electron chi connectivity index (χ3n) is 2.65. The number of pyridine rings is 1. The Morgan fingerprint density at radius 1 is 1.65 bits per heavy atom. The van der Waals surface area contributed by atoms with Crippen molar-refractivity contribution in [3.8, 4) is 0 Å². The van der Waals surface area contributed by atoms with E-state index in [0.717, 1.165) is 0 Å². The smallest absolute Gasteiger partial charge is 0.290 e. The fraction of sp³-hybridized carbons (Fsp3) is 0.400. The molecule has 6 nitrogen and oxygen atoms in total. The molecule has 1 saturated heterocycles. The molecule has 0 aliphatic carbocycles. The highest BCUT2D eigenvalue weighted by molar-refractivity contribution is 7.81. The normalized spacial score (nSPS) is 19.8. The van der Waals surface area contributed by atoms with Crippen LogP contribution in [0.5, 0.6) is 0 Å². The summed E-state index contributed by atoms with van der Waals surface area (Å²) in [5.41, 5.74) is 0.388. The number of nitro groups is 1. The van der Waals surface area contributed by atoms with Gasteiger partial charge in [-0.15, -0.1) is 0 Å². The molecule has 0 radical (unpaired) electrons. The van der Waals surface area contributed by atoms with E-state index >= 15 is 0 Å². The molecule has 90 valence electrons. The van der Waals surface area contributed by atoms with Crippen LogP contribution in [-0.4, -0.2) is 27.6 Å². The van der Waals surface area contributed by atoms with Crippen molar-refractivity contribution in [2.45, 2.75) is 18.6 Å². The highest BCUT2D eigenvalue weighted by Crippen LogP contribution is 2.32. The number of thiol groups is 1. The lowest BCUT2D eigenvalue weighted by Crippen LogP contribution is -2.26. The zero-order valence-electron chi connectivity index (χ0n) is 9.16. The Hall–Kier alpha value is -1.63. The fourth-order valence-corrected chi connectivity index (χ4v) is 2.17. The van der Waals surface area contributed by atoms with Crippen LogP contribution >= 0.6 is 12.6 Å². The predicted octanol–water partition coefficient (Wildman–Crippen LogP) is 1.33. The van der Waals surface area contributed by atoms with Gasteiger partial charge < -0.3 is 0 Å². The van der Waals surface area contributed by atoms with Gasteiger partial charge in [0.15, 0.2) is 0 Å². The van der Waals surface area contributed by atoms with Gasteiger partial charge in [-0.3, -0.25) is 19.8 Å². The average Bonchev–Trinajstić information content (AvgIpc) is 2.56. The minimum Gasteiger partial charge on any atom is -0.290 e. The van der Waals surface area contributed by atoms with Crippen LogP contribution in [-0.2, 0) is 4.79 Å². The van der Waals surface area contributed by atoms with Crippen LogP contribution in [0.4, 0.5) is 11.5 Å². The number of aryl methyl sites for hydroxylation is 1. The van der Waals surface area contributed by atoms with Crippen LogP contribution < -0.4 is 4.90 Å². The molecule has 0 aromatic carbocycles. The second-order valence-corrected chi connectivity index (χ2v) is 4.65. The van der Waals surface area contributed by atoms with Crippen molar-refractivity contribution in [3.63, 3.8) is 0 Å².